The Hall–Kier alpha value is 0.450. The first-order chi connectivity index (χ1) is 4.98. The Morgan fingerprint density at radius 2 is 2.00 bits per heavy atom. The molecule has 0 amide bonds. The van der Waals surface area contributed by atoms with E-state index >= 15 is 0 Å². The van der Waals surface area contributed by atoms with E-state index < -0.39 is 0 Å². The summed E-state index contributed by atoms with van der Waals surface area (Å²) in [6, 6.07) is 0.529. The minimum atomic E-state index is -0.237. The standard InChI is InChI=1S/C7H15ClNO2.HI/c1-7(10)11-5-4-9(2,3)6-8;/h4-6H2,1-3H3;1H/q+1;/p-1. The van der Waals surface area contributed by atoms with E-state index in [0.29, 0.717) is 17.1 Å². The van der Waals surface area contributed by atoms with Gasteiger partial charge in [-0.2, -0.15) is 0 Å². The molecule has 0 atom stereocenters. The van der Waals surface area contributed by atoms with Crippen molar-refractivity contribution in [1.82, 2.24) is 0 Å². The van der Waals surface area contributed by atoms with Crippen LogP contribution in [0, 0.1) is 0 Å². The number of hydrogen-bond acceptors (Lipinski definition) is 2. The molecule has 0 fully saturated rings. The molecule has 0 spiro atoms. The molecule has 5 heteroatoms. The molecule has 74 valence electrons. The van der Waals surface area contributed by atoms with E-state index in [4.69, 9.17) is 16.3 Å². The van der Waals surface area contributed by atoms with Crippen LogP contribution in [0.4, 0.5) is 0 Å². The number of alkyl halides is 1. The van der Waals surface area contributed by atoms with Crippen LogP contribution in [-0.4, -0.2) is 43.7 Å². The molecule has 0 saturated carbocycles. The van der Waals surface area contributed by atoms with Crippen LogP contribution in [0.25, 0.3) is 0 Å². The highest BCUT2D eigenvalue weighted by molar-refractivity contribution is 6.16. The number of carbonyl (C=O) groups is 1. The van der Waals surface area contributed by atoms with E-state index in [2.05, 4.69) is 0 Å². The summed E-state index contributed by atoms with van der Waals surface area (Å²) >= 11 is 5.64. The largest absolute Gasteiger partial charge is 1.00 e. The Balaban J connectivity index is 0. The number of rotatable bonds is 4. The molecule has 0 aliphatic carbocycles. The van der Waals surface area contributed by atoms with Gasteiger partial charge in [0.05, 0.1) is 14.1 Å². The van der Waals surface area contributed by atoms with Crippen LogP contribution in [-0.2, 0) is 9.53 Å². The van der Waals surface area contributed by atoms with Crippen LogP contribution >= 0.6 is 11.6 Å². The van der Waals surface area contributed by atoms with Crippen molar-refractivity contribution in [1.29, 1.82) is 0 Å². The van der Waals surface area contributed by atoms with Crippen molar-refractivity contribution in [2.75, 3.05) is 33.3 Å². The first kappa shape index (κ1) is 14.9. The number of quaternary nitrogens is 1. The van der Waals surface area contributed by atoms with Crippen LogP contribution in [0.1, 0.15) is 6.92 Å². The predicted octanol–water partition coefficient (Wildman–Crippen LogP) is -2.17. The first-order valence-electron chi connectivity index (χ1n) is 3.49. The molecule has 0 heterocycles. The van der Waals surface area contributed by atoms with E-state index in [9.17, 15) is 4.79 Å². The number of hydrogen-bond donors (Lipinski definition) is 0. The van der Waals surface area contributed by atoms with Crippen LogP contribution in [0.3, 0.4) is 0 Å². The van der Waals surface area contributed by atoms with Crippen molar-refractivity contribution >= 4 is 17.6 Å². The topological polar surface area (TPSA) is 26.3 Å². The maximum Gasteiger partial charge on any atom is 0.302 e. The van der Waals surface area contributed by atoms with Crippen molar-refractivity contribution in [3.63, 3.8) is 0 Å². The van der Waals surface area contributed by atoms with Crippen LogP contribution in [0.2, 0.25) is 0 Å². The molecule has 0 aromatic carbocycles. The number of ether oxygens (including phenoxy) is 1. The lowest BCUT2D eigenvalue weighted by atomic mass is 10.5. The SMILES string of the molecule is CC(=O)OCC[N+](C)(C)CCl.[I-]. The third-order valence-electron chi connectivity index (χ3n) is 1.33. The number of likely N-dealkylation sites (N-methyl/N-ethyl adjacent to an activating group) is 1. The fourth-order valence-corrected chi connectivity index (χ4v) is 0.616. The normalized spacial score (nSPS) is 10.3. The van der Waals surface area contributed by atoms with E-state index in [0.717, 1.165) is 6.54 Å². The second kappa shape index (κ2) is 6.91. The molecular weight excluding hydrogens is 292 g/mol. The lowest BCUT2D eigenvalue weighted by Crippen LogP contribution is -3.00. The van der Waals surface area contributed by atoms with E-state index in [1.807, 2.05) is 14.1 Å². The molecule has 0 rings (SSSR count). The lowest BCUT2D eigenvalue weighted by molar-refractivity contribution is -0.879. The summed E-state index contributed by atoms with van der Waals surface area (Å²) in [5.41, 5.74) is 0. The number of nitrogens with zero attached hydrogens (tertiary/aromatic N) is 1. The Labute approximate surface area is 95.6 Å². The molecule has 0 radical (unpaired) electrons. The number of esters is 1. The Morgan fingerprint density at radius 1 is 1.50 bits per heavy atom. The summed E-state index contributed by atoms with van der Waals surface area (Å²) in [6.45, 7) is 2.60. The maximum absolute atomic E-state index is 10.4. The monoisotopic (exact) mass is 307 g/mol. The summed E-state index contributed by atoms with van der Waals surface area (Å²) in [6.07, 6.45) is 0. The third-order valence-corrected chi connectivity index (χ3v) is 1.97. The molecule has 0 bridgehead atoms. The van der Waals surface area contributed by atoms with Gasteiger partial charge in [0.15, 0.2) is 6.00 Å². The van der Waals surface area contributed by atoms with Crippen molar-refractivity contribution in [2.24, 2.45) is 0 Å². The smallest absolute Gasteiger partial charge is 0.302 e. The minimum Gasteiger partial charge on any atom is -1.00 e. The molecule has 12 heavy (non-hydrogen) atoms. The zero-order valence-corrected chi connectivity index (χ0v) is 10.6. The van der Waals surface area contributed by atoms with Gasteiger partial charge in [-0.25, -0.2) is 0 Å². The quantitative estimate of drug-likeness (QED) is 0.194. The summed E-state index contributed by atoms with van der Waals surface area (Å²) in [4.78, 5) is 10.4. The Bertz CT molecular complexity index is 141. The highest BCUT2D eigenvalue weighted by atomic mass is 127. The van der Waals surface area contributed by atoms with E-state index in [-0.39, 0.29) is 29.9 Å². The van der Waals surface area contributed by atoms with Gasteiger partial charge in [0, 0.05) is 6.92 Å². The Kier molecular flexibility index (Phi) is 8.61. The van der Waals surface area contributed by atoms with Gasteiger partial charge in [0.25, 0.3) is 0 Å². The van der Waals surface area contributed by atoms with Gasteiger partial charge >= 0.3 is 5.97 Å². The fourth-order valence-electron chi connectivity index (χ4n) is 0.496. The van der Waals surface area contributed by atoms with Crippen molar-refractivity contribution in [3.8, 4) is 0 Å². The summed E-state index contributed by atoms with van der Waals surface area (Å²) < 4.78 is 5.43. The van der Waals surface area contributed by atoms with Gasteiger partial charge in [-0.1, -0.05) is 11.6 Å². The van der Waals surface area contributed by atoms with Crippen LogP contribution < -0.4 is 24.0 Å². The highest BCUT2D eigenvalue weighted by Crippen LogP contribution is 1.98. The Morgan fingerprint density at radius 3 is 2.33 bits per heavy atom. The number of carbonyl (C=O) groups excluding carboxylic acids is 1. The van der Waals surface area contributed by atoms with Crippen molar-refractivity contribution < 1.29 is 38.0 Å². The van der Waals surface area contributed by atoms with Gasteiger partial charge in [-0.05, 0) is 0 Å². The fraction of sp³-hybridized carbons (Fsp3) is 0.857. The molecule has 0 unspecified atom stereocenters. The molecule has 0 N–H and O–H groups in total. The summed E-state index contributed by atoms with van der Waals surface area (Å²) in [7, 11) is 3.97. The molecule has 0 aliphatic heterocycles. The third kappa shape index (κ3) is 8.55. The second-order valence-corrected chi connectivity index (χ2v) is 3.36. The number of halogens is 2. The average molecular weight is 308 g/mol. The molecule has 0 saturated heterocycles. The average Bonchev–Trinajstić information content (AvgIpc) is 1.87. The zero-order valence-electron chi connectivity index (χ0n) is 7.64. The molecule has 0 aliphatic rings. The lowest BCUT2D eigenvalue weighted by Gasteiger charge is -2.26. The van der Waals surface area contributed by atoms with Crippen molar-refractivity contribution in [3.05, 3.63) is 0 Å². The highest BCUT2D eigenvalue weighted by Gasteiger charge is 2.12. The summed E-state index contributed by atoms with van der Waals surface area (Å²) in [5, 5.41) is 0. The summed E-state index contributed by atoms with van der Waals surface area (Å²) in [5.74, 6) is -0.237. The van der Waals surface area contributed by atoms with Gasteiger partial charge in [0.1, 0.15) is 13.2 Å². The van der Waals surface area contributed by atoms with Gasteiger partial charge < -0.3 is 33.2 Å². The predicted molar refractivity (Wildman–Crippen MR) is 44.3 cm³/mol. The molecular formula is C7H15ClINO2. The molecule has 0 aromatic heterocycles. The molecule has 0 aromatic rings. The van der Waals surface area contributed by atoms with Crippen molar-refractivity contribution in [2.45, 2.75) is 6.92 Å². The van der Waals surface area contributed by atoms with Gasteiger partial charge in [-0.3, -0.25) is 4.79 Å². The molecule has 3 nitrogen and oxygen atoms in total. The van der Waals surface area contributed by atoms with Gasteiger partial charge in [0.2, 0.25) is 0 Å². The van der Waals surface area contributed by atoms with E-state index in [1.165, 1.54) is 6.92 Å². The zero-order chi connectivity index (χ0) is 8.91. The second-order valence-electron chi connectivity index (χ2n) is 3.12. The van der Waals surface area contributed by atoms with Gasteiger partial charge in [-0.15, -0.1) is 0 Å². The maximum atomic E-state index is 10.4. The minimum absolute atomic E-state index is 0. The van der Waals surface area contributed by atoms with E-state index in [1.54, 1.807) is 0 Å². The van der Waals surface area contributed by atoms with Crippen LogP contribution in [0.5, 0.6) is 0 Å². The van der Waals surface area contributed by atoms with Crippen LogP contribution in [0.15, 0.2) is 0 Å². The first-order valence-corrected chi connectivity index (χ1v) is 4.03.